The number of ether oxygens (including phenoxy) is 1. The van der Waals surface area contributed by atoms with Crippen LogP contribution in [0, 0.1) is 11.3 Å². The summed E-state index contributed by atoms with van der Waals surface area (Å²) >= 11 is 0. The highest BCUT2D eigenvalue weighted by Gasteiger charge is 2.42. The maximum atomic E-state index is 13.8. The molecule has 5 rings (SSSR count). The van der Waals surface area contributed by atoms with Crippen molar-refractivity contribution in [1.29, 1.82) is 5.26 Å². The molecule has 0 saturated carbocycles. The highest BCUT2D eigenvalue weighted by atomic mass is 19.3. The molecule has 2 aromatic heterocycles. The van der Waals surface area contributed by atoms with Gasteiger partial charge in [0.2, 0.25) is 5.75 Å². The number of alkyl halides is 2. The molecule has 4 heterocycles. The highest BCUT2D eigenvalue weighted by Crippen LogP contribution is 2.41. The van der Waals surface area contributed by atoms with Gasteiger partial charge >= 0.3 is 0 Å². The van der Waals surface area contributed by atoms with Crippen LogP contribution in [0.15, 0.2) is 41.2 Å². The number of pyridine rings is 2. The molecule has 3 aromatic rings. The lowest BCUT2D eigenvalue weighted by molar-refractivity contribution is 0.0173. The Hall–Kier alpha value is -3.51. The SMILES string of the molecule is CC[C@@H]1CN2c3c(c(=O)n(C)c4ccc(C#N)nc34)OC[C@@H]2CN1[C@@H](CC)c1ccc(C(C)(F)F)cc1. The number of hydrogen-bond acceptors (Lipinski definition) is 6. The van der Waals surface area contributed by atoms with Crippen molar-refractivity contribution in [2.75, 3.05) is 24.6 Å². The topological polar surface area (TPSA) is 74.4 Å². The van der Waals surface area contributed by atoms with Crippen LogP contribution in [0.2, 0.25) is 0 Å². The van der Waals surface area contributed by atoms with Crippen molar-refractivity contribution in [3.8, 4) is 11.8 Å². The zero-order valence-electron chi connectivity index (χ0n) is 21.5. The van der Waals surface area contributed by atoms with Gasteiger partial charge in [-0.15, -0.1) is 0 Å². The lowest BCUT2D eigenvalue weighted by Crippen LogP contribution is -2.62. The van der Waals surface area contributed by atoms with Crippen LogP contribution >= 0.6 is 0 Å². The summed E-state index contributed by atoms with van der Waals surface area (Å²) in [5, 5.41) is 9.46. The fraction of sp³-hybridized carbons (Fsp3) is 0.464. The molecule has 1 fully saturated rings. The smallest absolute Gasteiger partial charge is 0.295 e. The quantitative estimate of drug-likeness (QED) is 0.497. The Morgan fingerprint density at radius 3 is 2.54 bits per heavy atom. The van der Waals surface area contributed by atoms with Gasteiger partial charge in [-0.3, -0.25) is 9.69 Å². The van der Waals surface area contributed by atoms with Crippen LogP contribution in [0.5, 0.6) is 5.75 Å². The van der Waals surface area contributed by atoms with Crippen molar-refractivity contribution < 1.29 is 13.5 Å². The minimum absolute atomic E-state index is 0.0120. The van der Waals surface area contributed by atoms with E-state index in [9.17, 15) is 18.8 Å². The molecule has 0 radical (unpaired) electrons. The molecule has 0 aliphatic carbocycles. The average Bonchev–Trinajstić information content (AvgIpc) is 2.90. The number of halogens is 2. The summed E-state index contributed by atoms with van der Waals surface area (Å²) in [6.07, 6.45) is 1.71. The van der Waals surface area contributed by atoms with Crippen LogP contribution in [0.3, 0.4) is 0 Å². The number of nitriles is 1. The van der Waals surface area contributed by atoms with Crippen molar-refractivity contribution >= 4 is 16.7 Å². The number of piperazine rings is 1. The van der Waals surface area contributed by atoms with E-state index in [0.29, 0.717) is 36.4 Å². The van der Waals surface area contributed by atoms with Crippen LogP contribution in [-0.4, -0.2) is 46.2 Å². The summed E-state index contributed by atoms with van der Waals surface area (Å²) in [5.41, 5.74) is 2.99. The minimum atomic E-state index is -2.87. The van der Waals surface area contributed by atoms with Gasteiger partial charge in [0, 0.05) is 44.7 Å². The van der Waals surface area contributed by atoms with Gasteiger partial charge in [-0.05, 0) is 30.5 Å². The summed E-state index contributed by atoms with van der Waals surface area (Å²) < 4.78 is 35.2. The molecule has 1 saturated heterocycles. The highest BCUT2D eigenvalue weighted by molar-refractivity contribution is 5.93. The van der Waals surface area contributed by atoms with E-state index in [4.69, 9.17) is 4.74 Å². The molecular weight excluding hydrogens is 476 g/mol. The normalized spacial score (nSPS) is 20.6. The Balaban J connectivity index is 1.53. The van der Waals surface area contributed by atoms with Crippen LogP contribution in [0.25, 0.3) is 11.0 Å². The molecule has 194 valence electrons. The van der Waals surface area contributed by atoms with Gasteiger partial charge in [0.15, 0.2) is 0 Å². The first-order valence-electron chi connectivity index (χ1n) is 12.7. The van der Waals surface area contributed by atoms with E-state index < -0.39 is 5.92 Å². The molecule has 9 heteroatoms. The van der Waals surface area contributed by atoms with Crippen LogP contribution < -0.4 is 15.2 Å². The Morgan fingerprint density at radius 1 is 1.19 bits per heavy atom. The number of aryl methyl sites for hydroxylation is 1. The summed E-state index contributed by atoms with van der Waals surface area (Å²) in [6, 6.07) is 12.4. The first kappa shape index (κ1) is 25.2. The molecule has 0 unspecified atom stereocenters. The lowest BCUT2D eigenvalue weighted by atomic mass is 9.94. The van der Waals surface area contributed by atoms with E-state index in [2.05, 4.69) is 34.7 Å². The van der Waals surface area contributed by atoms with Gasteiger partial charge in [0.05, 0.1) is 11.6 Å². The molecule has 2 aliphatic heterocycles. The molecule has 0 amide bonds. The van der Waals surface area contributed by atoms with Gasteiger partial charge in [-0.1, -0.05) is 38.1 Å². The third-order valence-corrected chi connectivity index (χ3v) is 7.79. The van der Waals surface area contributed by atoms with Gasteiger partial charge in [-0.25, -0.2) is 13.8 Å². The Morgan fingerprint density at radius 2 is 1.92 bits per heavy atom. The number of nitrogens with zero attached hydrogens (tertiary/aromatic N) is 5. The van der Waals surface area contributed by atoms with Gasteiger partial charge in [0.25, 0.3) is 11.5 Å². The fourth-order valence-corrected chi connectivity index (χ4v) is 5.80. The standard InChI is InChI=1S/C28H31F2N5O2/c1-5-20-14-35-21(15-34(20)22(6-2)17-7-9-18(10-8-17)28(3,29)30)16-37-26-25(35)24-23(33(4)27(26)36)12-11-19(13-31)32-24/h7-12,20-22H,5-6,14-16H2,1-4H3/t20-,21+,22+/m1/s1. The predicted molar refractivity (Wildman–Crippen MR) is 138 cm³/mol. The second-order valence-electron chi connectivity index (χ2n) is 10.0. The largest absolute Gasteiger partial charge is 0.484 e. The molecule has 2 aliphatic rings. The van der Waals surface area contributed by atoms with E-state index >= 15 is 0 Å². The van der Waals surface area contributed by atoms with Crippen molar-refractivity contribution in [3.05, 3.63) is 63.6 Å². The molecule has 0 spiro atoms. The molecule has 0 N–H and O–H groups in total. The third kappa shape index (κ3) is 4.23. The Labute approximate surface area is 214 Å². The molecule has 37 heavy (non-hydrogen) atoms. The summed E-state index contributed by atoms with van der Waals surface area (Å²) in [7, 11) is 1.69. The first-order chi connectivity index (χ1) is 17.7. The van der Waals surface area contributed by atoms with E-state index in [1.54, 1.807) is 19.2 Å². The fourth-order valence-electron chi connectivity index (χ4n) is 5.80. The number of rotatable bonds is 5. The zero-order valence-corrected chi connectivity index (χ0v) is 21.5. The summed E-state index contributed by atoms with van der Waals surface area (Å²) in [5.74, 6) is -2.59. The molecular formula is C28H31F2N5O2. The summed E-state index contributed by atoms with van der Waals surface area (Å²) in [6.45, 7) is 6.88. The van der Waals surface area contributed by atoms with Crippen molar-refractivity contribution in [3.63, 3.8) is 0 Å². The van der Waals surface area contributed by atoms with E-state index in [-0.39, 0.29) is 40.7 Å². The molecule has 1 aromatic carbocycles. The van der Waals surface area contributed by atoms with E-state index in [1.807, 2.05) is 12.1 Å². The average molecular weight is 508 g/mol. The van der Waals surface area contributed by atoms with Crippen molar-refractivity contribution in [2.24, 2.45) is 7.05 Å². The van der Waals surface area contributed by atoms with E-state index in [1.165, 1.54) is 16.7 Å². The minimum Gasteiger partial charge on any atom is -0.484 e. The molecule has 0 bridgehead atoms. The van der Waals surface area contributed by atoms with Crippen molar-refractivity contribution in [2.45, 2.75) is 57.7 Å². The van der Waals surface area contributed by atoms with Gasteiger partial charge in [-0.2, -0.15) is 5.26 Å². The molecule has 3 atom stereocenters. The number of benzene rings is 1. The number of hydrogen-bond donors (Lipinski definition) is 0. The van der Waals surface area contributed by atoms with Crippen LogP contribution in [-0.2, 0) is 13.0 Å². The number of anilines is 1. The van der Waals surface area contributed by atoms with Crippen LogP contribution in [0.4, 0.5) is 14.5 Å². The maximum Gasteiger partial charge on any atom is 0.295 e. The van der Waals surface area contributed by atoms with E-state index in [0.717, 1.165) is 25.3 Å². The predicted octanol–water partition coefficient (Wildman–Crippen LogP) is 4.73. The monoisotopic (exact) mass is 507 g/mol. The maximum absolute atomic E-state index is 13.8. The lowest BCUT2D eigenvalue weighted by Gasteiger charge is -2.51. The van der Waals surface area contributed by atoms with Gasteiger partial charge in [0.1, 0.15) is 29.6 Å². The number of fused-ring (bicyclic) bond motifs is 5. The third-order valence-electron chi connectivity index (χ3n) is 7.79. The van der Waals surface area contributed by atoms with Crippen LogP contribution in [0.1, 0.15) is 56.5 Å². The Bertz CT molecular complexity index is 1420. The van der Waals surface area contributed by atoms with Crippen molar-refractivity contribution in [1.82, 2.24) is 14.5 Å². The second-order valence-corrected chi connectivity index (χ2v) is 10.0. The summed E-state index contributed by atoms with van der Waals surface area (Å²) in [4.78, 5) is 22.4. The second kappa shape index (κ2) is 9.42. The molecule has 7 nitrogen and oxygen atoms in total. The first-order valence-corrected chi connectivity index (χ1v) is 12.7. The zero-order chi connectivity index (χ0) is 26.5. The Kier molecular flexibility index (Phi) is 6.40. The number of aromatic nitrogens is 2. The van der Waals surface area contributed by atoms with Gasteiger partial charge < -0.3 is 14.2 Å².